The van der Waals surface area contributed by atoms with Crippen LogP contribution in [0.25, 0.3) is 0 Å². The van der Waals surface area contributed by atoms with Crippen LogP contribution < -0.4 is 0 Å². The average molecular weight is 152 g/mol. The van der Waals surface area contributed by atoms with Crippen LogP contribution in [-0.2, 0) is 5.21 Å². The van der Waals surface area contributed by atoms with Gasteiger partial charge >= 0.3 is 0 Å². The van der Waals surface area contributed by atoms with E-state index in [0.29, 0.717) is 0 Å². The van der Waals surface area contributed by atoms with E-state index in [1.165, 1.54) is 5.57 Å². The van der Waals surface area contributed by atoms with Crippen molar-refractivity contribution in [2.24, 2.45) is 0 Å². The standard InChI is InChI=1S/C9H14NO/c1-7-5-8(2)10(11)9(3,4)6-7/h5-6H,1-4H3. The first-order valence-corrected chi connectivity index (χ1v) is 3.78. The van der Waals surface area contributed by atoms with Crippen LogP contribution >= 0.6 is 0 Å². The quantitative estimate of drug-likeness (QED) is 0.522. The van der Waals surface area contributed by atoms with E-state index in [2.05, 4.69) is 0 Å². The summed E-state index contributed by atoms with van der Waals surface area (Å²) in [5.74, 6) is 0. The summed E-state index contributed by atoms with van der Waals surface area (Å²) >= 11 is 0. The van der Waals surface area contributed by atoms with E-state index >= 15 is 0 Å². The van der Waals surface area contributed by atoms with Gasteiger partial charge in [-0.1, -0.05) is 16.9 Å². The molecule has 0 aliphatic carbocycles. The zero-order chi connectivity index (χ0) is 8.65. The molecule has 1 aliphatic heterocycles. The Kier molecular flexibility index (Phi) is 1.80. The predicted octanol–water partition coefficient (Wildman–Crippen LogP) is 2.28. The van der Waals surface area contributed by atoms with Crippen LogP contribution in [0.15, 0.2) is 23.4 Å². The van der Waals surface area contributed by atoms with E-state index in [9.17, 15) is 5.21 Å². The highest BCUT2D eigenvalue weighted by molar-refractivity contribution is 5.29. The fourth-order valence-corrected chi connectivity index (χ4v) is 1.50. The van der Waals surface area contributed by atoms with Crippen LogP contribution in [0.5, 0.6) is 0 Å². The third kappa shape index (κ3) is 1.46. The summed E-state index contributed by atoms with van der Waals surface area (Å²) in [5.41, 5.74) is 1.58. The molecule has 0 bridgehead atoms. The minimum atomic E-state index is -0.372. The van der Waals surface area contributed by atoms with Gasteiger partial charge in [0.25, 0.3) is 0 Å². The average Bonchev–Trinajstić information content (AvgIpc) is 1.81. The maximum Gasteiger partial charge on any atom is 0.0829 e. The van der Waals surface area contributed by atoms with Gasteiger partial charge in [0.2, 0.25) is 0 Å². The van der Waals surface area contributed by atoms with Crippen molar-refractivity contribution in [1.29, 1.82) is 0 Å². The summed E-state index contributed by atoms with van der Waals surface area (Å²) in [6, 6.07) is 0. The number of rotatable bonds is 0. The first-order valence-electron chi connectivity index (χ1n) is 3.78. The number of hydrogen-bond acceptors (Lipinski definition) is 1. The molecule has 11 heavy (non-hydrogen) atoms. The largest absolute Gasteiger partial charge is 0.215 e. The second-order valence-corrected chi connectivity index (χ2v) is 3.62. The molecule has 0 saturated carbocycles. The van der Waals surface area contributed by atoms with Gasteiger partial charge in [-0.2, -0.15) is 0 Å². The van der Waals surface area contributed by atoms with Gasteiger partial charge in [0, 0.05) is 5.70 Å². The molecule has 0 amide bonds. The number of hydrogen-bond donors (Lipinski definition) is 0. The van der Waals surface area contributed by atoms with Crippen LogP contribution in [0.3, 0.4) is 0 Å². The third-order valence-corrected chi connectivity index (χ3v) is 1.86. The van der Waals surface area contributed by atoms with E-state index < -0.39 is 0 Å². The Labute approximate surface area is 67.8 Å². The van der Waals surface area contributed by atoms with Gasteiger partial charge in [-0.15, -0.1) is 0 Å². The van der Waals surface area contributed by atoms with Gasteiger partial charge in [0.05, 0.1) is 5.54 Å². The lowest BCUT2D eigenvalue weighted by Gasteiger charge is -2.33. The van der Waals surface area contributed by atoms with E-state index in [1.807, 2.05) is 39.8 Å². The highest BCUT2D eigenvalue weighted by Gasteiger charge is 2.27. The van der Waals surface area contributed by atoms with Crippen molar-refractivity contribution in [2.45, 2.75) is 33.2 Å². The highest BCUT2D eigenvalue weighted by atomic mass is 16.5. The van der Waals surface area contributed by atoms with Crippen molar-refractivity contribution in [3.8, 4) is 0 Å². The van der Waals surface area contributed by atoms with Gasteiger partial charge < -0.3 is 0 Å². The Morgan fingerprint density at radius 2 is 1.91 bits per heavy atom. The van der Waals surface area contributed by atoms with E-state index in [-0.39, 0.29) is 5.54 Å². The molecule has 0 atom stereocenters. The van der Waals surface area contributed by atoms with Gasteiger partial charge in [-0.05, 0) is 33.8 Å². The van der Waals surface area contributed by atoms with Crippen molar-refractivity contribution in [3.05, 3.63) is 23.4 Å². The Bertz CT molecular complexity index is 226. The molecule has 0 spiro atoms. The van der Waals surface area contributed by atoms with Crippen LogP contribution in [0, 0.1) is 0 Å². The van der Waals surface area contributed by atoms with Crippen molar-refractivity contribution >= 4 is 0 Å². The maximum atomic E-state index is 11.4. The maximum absolute atomic E-state index is 11.4. The second-order valence-electron chi connectivity index (χ2n) is 3.62. The second kappa shape index (κ2) is 2.38. The molecule has 1 aliphatic rings. The van der Waals surface area contributed by atoms with Crippen molar-refractivity contribution in [3.63, 3.8) is 0 Å². The summed E-state index contributed by atoms with van der Waals surface area (Å²) in [6.07, 6.45) is 3.88. The first kappa shape index (κ1) is 8.34. The molecule has 0 saturated heterocycles. The van der Waals surface area contributed by atoms with Crippen LogP contribution in [0.2, 0.25) is 0 Å². The Balaban J connectivity index is 3.01. The third-order valence-electron chi connectivity index (χ3n) is 1.86. The summed E-state index contributed by atoms with van der Waals surface area (Å²) < 4.78 is 0. The smallest absolute Gasteiger partial charge is 0.0829 e. The molecule has 0 fully saturated rings. The molecule has 1 radical (unpaired) electrons. The molecule has 2 nitrogen and oxygen atoms in total. The normalized spacial score (nSPS) is 22.8. The fourth-order valence-electron chi connectivity index (χ4n) is 1.50. The van der Waals surface area contributed by atoms with Gasteiger partial charge in [-0.3, -0.25) is 0 Å². The summed E-state index contributed by atoms with van der Waals surface area (Å²) in [7, 11) is 0. The highest BCUT2D eigenvalue weighted by Crippen LogP contribution is 2.26. The molecule has 61 valence electrons. The molecule has 1 rings (SSSR count). The number of nitrogens with zero attached hydrogens (tertiary/aromatic N) is 1. The summed E-state index contributed by atoms with van der Waals surface area (Å²) in [6.45, 7) is 7.68. The Morgan fingerprint density at radius 3 is 2.36 bits per heavy atom. The molecule has 0 aromatic heterocycles. The molecule has 0 aromatic rings. The Hall–Kier alpha value is -0.760. The van der Waals surface area contributed by atoms with Gasteiger partial charge in [0.15, 0.2) is 0 Å². The monoisotopic (exact) mass is 152 g/mol. The van der Waals surface area contributed by atoms with Gasteiger partial charge in [0.1, 0.15) is 0 Å². The van der Waals surface area contributed by atoms with E-state index in [4.69, 9.17) is 0 Å². The zero-order valence-electron chi connectivity index (χ0n) is 7.51. The number of hydroxylamine groups is 2. The van der Waals surface area contributed by atoms with Crippen molar-refractivity contribution in [1.82, 2.24) is 5.06 Å². The minimum Gasteiger partial charge on any atom is -0.215 e. The number of allylic oxidation sites excluding steroid dienone is 3. The molecule has 0 N–H and O–H groups in total. The molecule has 0 aromatic carbocycles. The first-order chi connectivity index (χ1) is 4.93. The lowest BCUT2D eigenvalue weighted by molar-refractivity contribution is -0.174. The lowest BCUT2D eigenvalue weighted by Crippen LogP contribution is -2.39. The fraction of sp³-hybridized carbons (Fsp3) is 0.556. The Morgan fingerprint density at radius 1 is 1.36 bits per heavy atom. The van der Waals surface area contributed by atoms with E-state index in [0.717, 1.165) is 10.8 Å². The van der Waals surface area contributed by atoms with E-state index in [1.54, 1.807) is 0 Å². The SMILES string of the molecule is CC1=CC(C)(C)N([O])C(C)=C1. The van der Waals surface area contributed by atoms with Crippen molar-refractivity contribution < 1.29 is 5.21 Å². The van der Waals surface area contributed by atoms with Gasteiger partial charge in [-0.25, -0.2) is 5.06 Å². The van der Waals surface area contributed by atoms with Crippen molar-refractivity contribution in [2.75, 3.05) is 0 Å². The zero-order valence-corrected chi connectivity index (χ0v) is 7.51. The summed E-state index contributed by atoms with van der Waals surface area (Å²) in [4.78, 5) is 0. The molecule has 2 heteroatoms. The van der Waals surface area contributed by atoms with Crippen LogP contribution in [0.4, 0.5) is 0 Å². The molecule has 1 heterocycles. The van der Waals surface area contributed by atoms with Crippen LogP contribution in [0.1, 0.15) is 27.7 Å². The van der Waals surface area contributed by atoms with Crippen LogP contribution in [-0.4, -0.2) is 10.6 Å². The lowest BCUT2D eigenvalue weighted by atomic mass is 9.97. The summed E-state index contributed by atoms with van der Waals surface area (Å²) in [5, 5.41) is 12.4. The minimum absolute atomic E-state index is 0.372. The molecule has 0 unspecified atom stereocenters. The molecular formula is C9H14NO. The predicted molar refractivity (Wildman–Crippen MR) is 44.1 cm³/mol. The topological polar surface area (TPSA) is 23.1 Å². The molecular weight excluding hydrogens is 138 g/mol.